The molecule has 1 saturated carbocycles. The lowest BCUT2D eigenvalue weighted by Gasteiger charge is -2.28. The molecule has 6 nitrogen and oxygen atoms in total. The van der Waals surface area contributed by atoms with Crippen LogP contribution >= 0.6 is 11.6 Å². The van der Waals surface area contributed by atoms with Crippen molar-refractivity contribution >= 4 is 17.5 Å². The van der Waals surface area contributed by atoms with Gasteiger partial charge >= 0.3 is 0 Å². The predicted molar refractivity (Wildman–Crippen MR) is 112 cm³/mol. The van der Waals surface area contributed by atoms with Gasteiger partial charge in [-0.2, -0.15) is 0 Å². The summed E-state index contributed by atoms with van der Waals surface area (Å²) in [6.07, 6.45) is 4.49. The third-order valence-electron chi connectivity index (χ3n) is 4.99. The molecule has 29 heavy (non-hydrogen) atoms. The smallest absolute Gasteiger partial charge is 0.253 e. The third kappa shape index (κ3) is 5.92. The summed E-state index contributed by atoms with van der Waals surface area (Å²) >= 11 is 6.01. The molecule has 0 radical (unpaired) electrons. The molecule has 0 saturated heterocycles. The second kappa shape index (κ2) is 10.6. The van der Waals surface area contributed by atoms with Crippen LogP contribution < -0.4 is 10.1 Å². The van der Waals surface area contributed by atoms with E-state index in [0.29, 0.717) is 48.3 Å². The van der Waals surface area contributed by atoms with Gasteiger partial charge in [0.2, 0.25) is 5.88 Å². The second-order valence-electron chi connectivity index (χ2n) is 7.06. The number of carbonyl (C=O) groups excluding carboxylic acids is 1. The maximum absolute atomic E-state index is 12.8. The predicted octanol–water partition coefficient (Wildman–Crippen LogP) is 3.85. The molecule has 3 rings (SSSR count). The Morgan fingerprint density at radius 2 is 2.00 bits per heavy atom. The van der Waals surface area contributed by atoms with Crippen LogP contribution in [-0.2, 0) is 4.74 Å². The molecule has 0 spiro atoms. The van der Waals surface area contributed by atoms with Gasteiger partial charge in [-0.3, -0.25) is 4.79 Å². The maximum atomic E-state index is 12.8. The number of aromatic nitrogens is 1. The van der Waals surface area contributed by atoms with Crippen molar-refractivity contribution in [2.45, 2.75) is 44.8 Å². The molecule has 1 aliphatic rings. The van der Waals surface area contributed by atoms with Crippen molar-refractivity contribution in [1.82, 2.24) is 10.3 Å². The lowest BCUT2D eigenvalue weighted by atomic mass is 9.92. The molecule has 2 aromatic rings. The Bertz CT molecular complexity index is 813. The van der Waals surface area contributed by atoms with Gasteiger partial charge in [0.1, 0.15) is 6.61 Å². The van der Waals surface area contributed by atoms with E-state index in [1.165, 1.54) is 6.20 Å². The van der Waals surface area contributed by atoms with Crippen LogP contribution in [0.1, 0.15) is 43.0 Å². The summed E-state index contributed by atoms with van der Waals surface area (Å²) in [6.45, 7) is 3.36. The van der Waals surface area contributed by atoms with Crippen LogP contribution in [0.5, 0.6) is 5.88 Å². The highest BCUT2D eigenvalue weighted by Gasteiger charge is 2.25. The van der Waals surface area contributed by atoms with Gasteiger partial charge in [0.05, 0.1) is 24.3 Å². The minimum atomic E-state index is -0.502. The van der Waals surface area contributed by atoms with E-state index in [1.807, 2.05) is 19.1 Å². The summed E-state index contributed by atoms with van der Waals surface area (Å²) < 4.78 is 11.1. The fourth-order valence-electron chi connectivity index (χ4n) is 3.40. The zero-order valence-electron chi connectivity index (χ0n) is 16.6. The highest BCUT2D eigenvalue weighted by atomic mass is 35.5. The number of aliphatic hydroxyl groups is 1. The van der Waals surface area contributed by atoms with E-state index >= 15 is 0 Å². The standard InChI is InChI=1S/C22H27ClN2O4/c1-2-28-11-12-29-22-18(15-7-9-17(23)10-8-15)13-16(14-24-22)21(27)25-19-5-3-4-6-20(19)26/h7-10,13-14,19-20,26H,2-6,11-12H2,1H3,(H,25,27)/t19-,20-/m1/s1. The number of nitrogens with one attached hydrogen (secondary N) is 1. The quantitative estimate of drug-likeness (QED) is 0.636. The van der Waals surface area contributed by atoms with Crippen molar-refractivity contribution in [2.24, 2.45) is 0 Å². The summed E-state index contributed by atoms with van der Waals surface area (Å²) in [6, 6.07) is 8.83. The Balaban J connectivity index is 1.81. The lowest BCUT2D eigenvalue weighted by Crippen LogP contribution is -2.45. The molecule has 1 aromatic carbocycles. The van der Waals surface area contributed by atoms with Crippen molar-refractivity contribution in [3.63, 3.8) is 0 Å². The molecule has 0 unspecified atom stereocenters. The zero-order chi connectivity index (χ0) is 20.6. The number of hydrogen-bond acceptors (Lipinski definition) is 5. The number of nitrogens with zero attached hydrogens (tertiary/aromatic N) is 1. The molecule has 7 heteroatoms. The van der Waals surface area contributed by atoms with Crippen molar-refractivity contribution in [3.05, 3.63) is 47.1 Å². The van der Waals surface area contributed by atoms with Gasteiger partial charge in [-0.1, -0.05) is 36.6 Å². The van der Waals surface area contributed by atoms with Gasteiger partial charge in [0, 0.05) is 23.4 Å². The average molecular weight is 419 g/mol. The zero-order valence-corrected chi connectivity index (χ0v) is 17.3. The highest BCUT2D eigenvalue weighted by molar-refractivity contribution is 6.30. The molecule has 1 fully saturated rings. The molecule has 0 bridgehead atoms. The number of aliphatic hydroxyl groups excluding tert-OH is 1. The van der Waals surface area contributed by atoms with Crippen LogP contribution in [-0.4, -0.2) is 48.0 Å². The van der Waals surface area contributed by atoms with Gasteiger partial charge in [-0.25, -0.2) is 4.98 Å². The first-order valence-corrected chi connectivity index (χ1v) is 10.4. The van der Waals surface area contributed by atoms with Crippen molar-refractivity contribution in [3.8, 4) is 17.0 Å². The molecule has 2 atom stereocenters. The van der Waals surface area contributed by atoms with Crippen LogP contribution in [0.2, 0.25) is 5.02 Å². The van der Waals surface area contributed by atoms with Gasteiger partial charge in [0.25, 0.3) is 5.91 Å². The Labute approximate surface area is 176 Å². The summed E-state index contributed by atoms with van der Waals surface area (Å²) in [5.41, 5.74) is 1.97. The number of halogens is 1. The highest BCUT2D eigenvalue weighted by Crippen LogP contribution is 2.30. The van der Waals surface area contributed by atoms with Gasteiger partial charge in [-0.15, -0.1) is 0 Å². The lowest BCUT2D eigenvalue weighted by molar-refractivity contribution is 0.0717. The molecule has 1 aromatic heterocycles. The van der Waals surface area contributed by atoms with Gasteiger partial charge in [-0.05, 0) is 43.5 Å². The topological polar surface area (TPSA) is 80.7 Å². The van der Waals surface area contributed by atoms with Gasteiger partial charge in [0.15, 0.2) is 0 Å². The Kier molecular flexibility index (Phi) is 7.86. The number of amides is 1. The fourth-order valence-corrected chi connectivity index (χ4v) is 3.53. The Morgan fingerprint density at radius 3 is 2.72 bits per heavy atom. The van der Waals surface area contributed by atoms with E-state index in [4.69, 9.17) is 21.1 Å². The van der Waals surface area contributed by atoms with E-state index in [9.17, 15) is 9.90 Å². The van der Waals surface area contributed by atoms with Gasteiger partial charge < -0.3 is 19.9 Å². The van der Waals surface area contributed by atoms with E-state index < -0.39 is 6.10 Å². The SMILES string of the molecule is CCOCCOc1ncc(C(=O)N[C@@H]2CCCC[C@H]2O)cc1-c1ccc(Cl)cc1. The Hall–Kier alpha value is -2.15. The minimum absolute atomic E-state index is 0.225. The second-order valence-corrected chi connectivity index (χ2v) is 7.50. The third-order valence-corrected chi connectivity index (χ3v) is 5.24. The minimum Gasteiger partial charge on any atom is -0.475 e. The fraction of sp³-hybridized carbons (Fsp3) is 0.455. The first kappa shape index (κ1) is 21.6. The average Bonchev–Trinajstić information content (AvgIpc) is 2.73. The van der Waals surface area contributed by atoms with Crippen LogP contribution in [0.15, 0.2) is 36.5 Å². The summed E-state index contributed by atoms with van der Waals surface area (Å²) in [4.78, 5) is 17.1. The molecule has 1 heterocycles. The van der Waals surface area contributed by atoms with Crippen LogP contribution in [0.25, 0.3) is 11.1 Å². The van der Waals surface area contributed by atoms with E-state index in [0.717, 1.165) is 24.8 Å². The van der Waals surface area contributed by atoms with E-state index in [-0.39, 0.29) is 11.9 Å². The number of hydrogen-bond donors (Lipinski definition) is 2. The summed E-state index contributed by atoms with van der Waals surface area (Å²) in [5, 5.41) is 13.7. The maximum Gasteiger partial charge on any atom is 0.253 e. The van der Waals surface area contributed by atoms with Crippen LogP contribution in [0.3, 0.4) is 0 Å². The molecule has 2 N–H and O–H groups in total. The van der Waals surface area contributed by atoms with Crippen molar-refractivity contribution in [2.75, 3.05) is 19.8 Å². The molecule has 1 amide bonds. The molecular weight excluding hydrogens is 392 g/mol. The van der Waals surface area contributed by atoms with Crippen molar-refractivity contribution in [1.29, 1.82) is 0 Å². The number of ether oxygens (including phenoxy) is 2. The molecule has 1 aliphatic carbocycles. The molecule has 156 valence electrons. The van der Waals surface area contributed by atoms with E-state index in [1.54, 1.807) is 18.2 Å². The monoisotopic (exact) mass is 418 g/mol. The Morgan fingerprint density at radius 1 is 1.24 bits per heavy atom. The first-order chi connectivity index (χ1) is 14.1. The van der Waals surface area contributed by atoms with Crippen LogP contribution in [0, 0.1) is 0 Å². The summed E-state index contributed by atoms with van der Waals surface area (Å²) in [7, 11) is 0. The normalized spacial score (nSPS) is 19.0. The van der Waals surface area contributed by atoms with E-state index in [2.05, 4.69) is 10.3 Å². The summed E-state index contributed by atoms with van der Waals surface area (Å²) in [5.74, 6) is 0.181. The number of carbonyl (C=O) groups is 1. The molecular formula is C22H27ClN2O4. The largest absolute Gasteiger partial charge is 0.475 e. The number of rotatable bonds is 8. The van der Waals surface area contributed by atoms with Crippen LogP contribution in [0.4, 0.5) is 0 Å². The molecule has 0 aliphatic heterocycles. The number of benzene rings is 1. The number of pyridine rings is 1. The first-order valence-electron chi connectivity index (χ1n) is 10.0. The van der Waals surface area contributed by atoms with Crippen molar-refractivity contribution < 1.29 is 19.4 Å².